The Morgan fingerprint density at radius 2 is 2.10 bits per heavy atom. The van der Waals surface area contributed by atoms with Gasteiger partial charge in [0.25, 0.3) is 5.91 Å². The normalized spacial score (nSPS) is 18.5. The molecule has 2 heterocycles. The number of benzene rings is 1. The van der Waals surface area contributed by atoms with Crippen molar-refractivity contribution >= 4 is 22.7 Å². The molecule has 1 fully saturated rings. The summed E-state index contributed by atoms with van der Waals surface area (Å²) in [5.74, 6) is -0.342. The van der Waals surface area contributed by atoms with Crippen molar-refractivity contribution in [3.63, 3.8) is 0 Å². The Morgan fingerprint density at radius 3 is 2.83 bits per heavy atom. The summed E-state index contributed by atoms with van der Waals surface area (Å²) in [7, 11) is 1.80. The average Bonchev–Trinajstić information content (AvgIpc) is 3.39. The largest absolute Gasteiger partial charge is 0.359 e. The number of amides is 2. The molecule has 30 heavy (non-hydrogen) atoms. The van der Waals surface area contributed by atoms with Gasteiger partial charge in [-0.2, -0.15) is 0 Å². The lowest BCUT2D eigenvalue weighted by Crippen LogP contribution is -2.38. The molecule has 7 heteroatoms. The molecule has 0 unspecified atom stereocenters. The fraction of sp³-hybridized carbons (Fsp3) is 0.348. The lowest BCUT2D eigenvalue weighted by molar-refractivity contribution is -0.121. The van der Waals surface area contributed by atoms with Gasteiger partial charge in [0, 0.05) is 54.4 Å². The Morgan fingerprint density at radius 1 is 1.27 bits per heavy atom. The van der Waals surface area contributed by atoms with Gasteiger partial charge in [0.05, 0.1) is 11.3 Å². The molecule has 0 saturated heterocycles. The van der Waals surface area contributed by atoms with Gasteiger partial charge in [0.1, 0.15) is 5.82 Å². The maximum atomic E-state index is 13.8. The highest BCUT2D eigenvalue weighted by Gasteiger charge is 2.31. The van der Waals surface area contributed by atoms with Crippen LogP contribution in [0, 0.1) is 5.82 Å². The van der Waals surface area contributed by atoms with Crippen molar-refractivity contribution in [2.45, 2.75) is 44.7 Å². The molecule has 3 aromatic rings. The third-order valence-electron chi connectivity index (χ3n) is 5.90. The molecule has 1 aromatic carbocycles. The second-order valence-electron chi connectivity index (χ2n) is 7.83. The maximum Gasteiger partial charge on any atom is 0.255 e. The highest BCUT2D eigenvalue weighted by molar-refractivity contribution is 5.94. The molecule has 1 aliphatic rings. The van der Waals surface area contributed by atoms with Crippen LogP contribution in [0.25, 0.3) is 22.2 Å². The number of carbonyl (C=O) groups is 2. The number of hydrogen-bond acceptors (Lipinski definition) is 3. The molecule has 0 bridgehead atoms. The zero-order valence-corrected chi connectivity index (χ0v) is 17.1. The van der Waals surface area contributed by atoms with Crippen LogP contribution in [0.4, 0.5) is 4.39 Å². The number of nitrogens with zero attached hydrogens (tertiary/aromatic N) is 2. The number of fused-ring (bicyclic) bond motifs is 1. The summed E-state index contributed by atoms with van der Waals surface area (Å²) < 4.78 is 13.8. The smallest absolute Gasteiger partial charge is 0.255 e. The number of H-pyrrole nitrogens is 1. The van der Waals surface area contributed by atoms with E-state index in [0.29, 0.717) is 23.1 Å². The van der Waals surface area contributed by atoms with Gasteiger partial charge in [0.2, 0.25) is 5.91 Å². The van der Waals surface area contributed by atoms with Crippen LogP contribution < -0.4 is 5.32 Å². The molecule has 2 atom stereocenters. The molecule has 0 spiro atoms. The van der Waals surface area contributed by atoms with Crippen LogP contribution in [0.1, 0.15) is 43.0 Å². The zero-order chi connectivity index (χ0) is 21.3. The third-order valence-corrected chi connectivity index (χ3v) is 5.90. The summed E-state index contributed by atoms with van der Waals surface area (Å²) in [5.41, 5.74) is 2.71. The van der Waals surface area contributed by atoms with Crippen molar-refractivity contribution in [3.05, 3.63) is 54.1 Å². The van der Waals surface area contributed by atoms with E-state index < -0.39 is 0 Å². The molecule has 0 radical (unpaired) electrons. The number of halogens is 1. The quantitative estimate of drug-likeness (QED) is 0.672. The number of rotatable bonds is 5. The minimum atomic E-state index is -0.301. The molecule has 1 saturated carbocycles. The minimum absolute atomic E-state index is 0.0483. The number of nitrogens with one attached hydrogen (secondary N) is 2. The number of aromatic amines is 1. The Bertz CT molecular complexity index is 1080. The monoisotopic (exact) mass is 408 g/mol. The summed E-state index contributed by atoms with van der Waals surface area (Å²) in [5, 5.41) is 3.53. The molecule has 2 amide bonds. The van der Waals surface area contributed by atoms with E-state index in [1.165, 1.54) is 6.20 Å². The minimum Gasteiger partial charge on any atom is -0.359 e. The van der Waals surface area contributed by atoms with Gasteiger partial charge in [-0.1, -0.05) is 13.0 Å². The Balaban J connectivity index is 1.44. The van der Waals surface area contributed by atoms with E-state index in [9.17, 15) is 14.0 Å². The summed E-state index contributed by atoms with van der Waals surface area (Å²) in [4.78, 5) is 33.5. The topological polar surface area (TPSA) is 78.1 Å². The fourth-order valence-corrected chi connectivity index (χ4v) is 4.08. The highest BCUT2D eigenvalue weighted by atomic mass is 19.1. The molecular weight excluding hydrogens is 383 g/mol. The van der Waals surface area contributed by atoms with Crippen molar-refractivity contribution in [1.82, 2.24) is 20.2 Å². The Labute approximate surface area is 174 Å². The Kier molecular flexibility index (Phi) is 5.53. The van der Waals surface area contributed by atoms with Gasteiger partial charge in [0.15, 0.2) is 0 Å². The van der Waals surface area contributed by atoms with E-state index in [1.54, 1.807) is 36.3 Å². The van der Waals surface area contributed by atoms with E-state index in [-0.39, 0.29) is 29.7 Å². The van der Waals surface area contributed by atoms with Gasteiger partial charge in [-0.25, -0.2) is 4.39 Å². The van der Waals surface area contributed by atoms with E-state index in [2.05, 4.69) is 15.3 Å². The van der Waals surface area contributed by atoms with Gasteiger partial charge in [-0.15, -0.1) is 0 Å². The van der Waals surface area contributed by atoms with Gasteiger partial charge in [-0.05, 0) is 43.5 Å². The summed E-state index contributed by atoms with van der Waals surface area (Å²) in [6, 6.07) is 9.20. The van der Waals surface area contributed by atoms with Crippen LogP contribution in [0.3, 0.4) is 0 Å². The van der Waals surface area contributed by atoms with Crippen LogP contribution in [-0.2, 0) is 4.79 Å². The van der Waals surface area contributed by atoms with Crippen LogP contribution >= 0.6 is 0 Å². The number of carbonyl (C=O) groups excluding carboxylic acids is 2. The van der Waals surface area contributed by atoms with Gasteiger partial charge >= 0.3 is 0 Å². The maximum absolute atomic E-state index is 13.8. The van der Waals surface area contributed by atoms with E-state index in [0.717, 1.165) is 30.3 Å². The molecule has 1 aliphatic carbocycles. The molecular formula is C23H25FN4O2. The van der Waals surface area contributed by atoms with Crippen LogP contribution in [0.15, 0.2) is 42.7 Å². The predicted molar refractivity (Wildman–Crippen MR) is 113 cm³/mol. The molecule has 4 rings (SSSR count). The standard InChI is InChI=1S/C23H25FN4O2/c1-3-22(29)27-16-6-7-17(11-16)28(2)23(30)15-5-8-20(25-12-15)14-4-9-21-18(10-14)19(24)13-26-21/h4-5,8-10,12-13,16-17,26H,3,6-7,11H2,1-2H3,(H,27,29)/t16-,17+/m0/s1. The van der Waals surface area contributed by atoms with Crippen LogP contribution in [0.2, 0.25) is 0 Å². The number of pyridine rings is 1. The second-order valence-corrected chi connectivity index (χ2v) is 7.83. The van der Waals surface area contributed by atoms with Crippen LogP contribution in [0.5, 0.6) is 0 Å². The molecule has 0 aliphatic heterocycles. The first-order valence-corrected chi connectivity index (χ1v) is 10.3. The highest BCUT2D eigenvalue weighted by Crippen LogP contribution is 2.26. The fourth-order valence-electron chi connectivity index (χ4n) is 4.08. The van der Waals surface area contributed by atoms with Gasteiger partial charge < -0.3 is 15.2 Å². The van der Waals surface area contributed by atoms with Crippen LogP contribution in [-0.4, -0.2) is 45.8 Å². The van der Waals surface area contributed by atoms with E-state index >= 15 is 0 Å². The molecule has 2 aromatic heterocycles. The summed E-state index contributed by atoms with van der Waals surface area (Å²) >= 11 is 0. The van der Waals surface area contributed by atoms with Crippen molar-refractivity contribution in [1.29, 1.82) is 0 Å². The van der Waals surface area contributed by atoms with Crippen molar-refractivity contribution < 1.29 is 14.0 Å². The SMILES string of the molecule is CCC(=O)N[C@H]1CC[C@@H](N(C)C(=O)c2ccc(-c3ccc4[nH]cc(F)c4c3)nc2)C1. The average molecular weight is 408 g/mol. The zero-order valence-electron chi connectivity index (χ0n) is 17.1. The third kappa shape index (κ3) is 3.92. The van der Waals surface area contributed by atoms with Crippen molar-refractivity contribution in [2.75, 3.05) is 7.05 Å². The lowest BCUT2D eigenvalue weighted by atomic mass is 10.1. The number of aromatic nitrogens is 2. The van der Waals surface area contributed by atoms with Gasteiger partial charge in [-0.3, -0.25) is 14.6 Å². The first-order valence-electron chi connectivity index (χ1n) is 10.3. The first kappa shape index (κ1) is 20.1. The first-order chi connectivity index (χ1) is 14.5. The molecule has 6 nitrogen and oxygen atoms in total. The van der Waals surface area contributed by atoms with Crippen molar-refractivity contribution in [2.24, 2.45) is 0 Å². The Hall–Kier alpha value is -3.22. The summed E-state index contributed by atoms with van der Waals surface area (Å²) in [6.07, 6.45) is 5.88. The van der Waals surface area contributed by atoms with E-state index in [1.807, 2.05) is 19.1 Å². The second kappa shape index (κ2) is 8.26. The molecule has 156 valence electrons. The molecule has 2 N–H and O–H groups in total. The summed E-state index contributed by atoms with van der Waals surface area (Å²) in [6.45, 7) is 1.83. The lowest BCUT2D eigenvalue weighted by Gasteiger charge is -2.25. The number of hydrogen-bond donors (Lipinski definition) is 2. The predicted octanol–water partition coefficient (Wildman–Crippen LogP) is 3.89. The van der Waals surface area contributed by atoms with E-state index in [4.69, 9.17) is 0 Å². The van der Waals surface area contributed by atoms with Crippen molar-refractivity contribution in [3.8, 4) is 11.3 Å².